The summed E-state index contributed by atoms with van der Waals surface area (Å²) in [5, 5.41) is 11.7. The van der Waals surface area contributed by atoms with Gasteiger partial charge in [0, 0.05) is 0 Å². The van der Waals surface area contributed by atoms with Crippen LogP contribution in [0.25, 0.3) is 0 Å². The van der Waals surface area contributed by atoms with Gasteiger partial charge in [-0.2, -0.15) is 0 Å². The summed E-state index contributed by atoms with van der Waals surface area (Å²) in [6, 6.07) is 0. The Bertz CT molecular complexity index is 113. The second-order valence-corrected chi connectivity index (χ2v) is 4.05. The lowest BCUT2D eigenvalue weighted by molar-refractivity contribution is -0.861. The SMILES string of the molecule is C.C.CCC[N+](C)([O-])CCC(C)CC. The van der Waals surface area contributed by atoms with Crippen LogP contribution in [-0.2, 0) is 0 Å². The van der Waals surface area contributed by atoms with Crippen molar-refractivity contribution in [1.29, 1.82) is 0 Å². The molecule has 0 aliphatic carbocycles. The molecule has 0 fully saturated rings. The van der Waals surface area contributed by atoms with E-state index < -0.39 is 0 Å². The van der Waals surface area contributed by atoms with Gasteiger partial charge in [0.05, 0.1) is 20.1 Å². The summed E-state index contributed by atoms with van der Waals surface area (Å²) in [5.41, 5.74) is 0. The number of hydrogen-bond acceptors (Lipinski definition) is 1. The third-order valence-electron chi connectivity index (χ3n) is 2.49. The molecule has 0 aliphatic heterocycles. The molecule has 0 N–H and O–H groups in total. The van der Waals surface area contributed by atoms with E-state index in [1.165, 1.54) is 6.42 Å². The fraction of sp³-hybridized carbons (Fsp3) is 1.00. The van der Waals surface area contributed by atoms with Crippen molar-refractivity contribution in [3.8, 4) is 0 Å². The summed E-state index contributed by atoms with van der Waals surface area (Å²) < 4.78 is -0.0547. The van der Waals surface area contributed by atoms with Gasteiger partial charge in [-0.3, -0.25) is 0 Å². The molecule has 14 heavy (non-hydrogen) atoms. The maximum atomic E-state index is 11.7. The van der Waals surface area contributed by atoms with Gasteiger partial charge in [0.2, 0.25) is 0 Å². The van der Waals surface area contributed by atoms with Crippen molar-refractivity contribution >= 4 is 0 Å². The van der Waals surface area contributed by atoms with Gasteiger partial charge >= 0.3 is 0 Å². The molecule has 0 amide bonds. The highest BCUT2D eigenvalue weighted by atomic mass is 16.5. The Morgan fingerprint density at radius 3 is 2.00 bits per heavy atom. The highest BCUT2D eigenvalue weighted by Crippen LogP contribution is 2.11. The summed E-state index contributed by atoms with van der Waals surface area (Å²) in [6.07, 6.45) is 3.24. The minimum absolute atomic E-state index is 0. The molecule has 0 bridgehead atoms. The van der Waals surface area contributed by atoms with Crippen molar-refractivity contribution < 1.29 is 4.65 Å². The van der Waals surface area contributed by atoms with Gasteiger partial charge in [-0.1, -0.05) is 42.0 Å². The van der Waals surface area contributed by atoms with Crippen molar-refractivity contribution in [2.45, 2.75) is 54.9 Å². The van der Waals surface area contributed by atoms with E-state index in [0.29, 0.717) is 5.92 Å². The molecule has 0 aromatic heterocycles. The minimum atomic E-state index is -0.0547. The van der Waals surface area contributed by atoms with Crippen LogP contribution in [0.1, 0.15) is 54.9 Å². The van der Waals surface area contributed by atoms with Gasteiger partial charge in [0.25, 0.3) is 0 Å². The maximum Gasteiger partial charge on any atom is 0.0784 e. The maximum absolute atomic E-state index is 11.7. The molecule has 0 aromatic carbocycles. The van der Waals surface area contributed by atoms with Crippen molar-refractivity contribution in [3.05, 3.63) is 5.21 Å². The lowest BCUT2D eigenvalue weighted by Crippen LogP contribution is -2.39. The number of nitrogens with zero attached hydrogens (tertiary/aromatic N) is 1. The molecule has 0 saturated carbocycles. The monoisotopic (exact) mass is 205 g/mol. The van der Waals surface area contributed by atoms with Gasteiger partial charge in [-0.05, 0) is 18.8 Å². The number of rotatable bonds is 6. The predicted molar refractivity (Wildman–Crippen MR) is 67.1 cm³/mol. The molecule has 2 nitrogen and oxygen atoms in total. The Kier molecular flexibility index (Phi) is 13.2. The van der Waals surface area contributed by atoms with Crippen LogP contribution in [0.5, 0.6) is 0 Å². The topological polar surface area (TPSA) is 23.1 Å². The lowest BCUT2D eigenvalue weighted by Gasteiger charge is -2.39. The van der Waals surface area contributed by atoms with E-state index in [0.717, 1.165) is 25.9 Å². The Morgan fingerprint density at radius 2 is 1.64 bits per heavy atom. The summed E-state index contributed by atoms with van der Waals surface area (Å²) in [5.74, 6) is 0.702. The largest absolute Gasteiger partial charge is 0.633 e. The molecule has 0 radical (unpaired) electrons. The molecule has 0 rings (SSSR count). The quantitative estimate of drug-likeness (QED) is 0.474. The molecule has 90 valence electrons. The second kappa shape index (κ2) is 9.47. The molecule has 2 heteroatoms. The normalized spacial score (nSPS) is 16.1. The third-order valence-corrected chi connectivity index (χ3v) is 2.49. The predicted octanol–water partition coefficient (Wildman–Crippen LogP) is 4.05. The van der Waals surface area contributed by atoms with E-state index >= 15 is 0 Å². The number of hydrogen-bond donors (Lipinski definition) is 0. The van der Waals surface area contributed by atoms with Crippen LogP contribution in [0.4, 0.5) is 0 Å². The Balaban J connectivity index is -0.000000605. The van der Waals surface area contributed by atoms with E-state index in [4.69, 9.17) is 0 Å². The summed E-state index contributed by atoms with van der Waals surface area (Å²) in [7, 11) is 1.78. The van der Waals surface area contributed by atoms with Crippen LogP contribution in [0.15, 0.2) is 0 Å². The molecule has 2 atom stereocenters. The third kappa shape index (κ3) is 10.0. The molecular weight excluding hydrogens is 174 g/mol. The zero-order valence-electron chi connectivity index (χ0n) is 8.97. The van der Waals surface area contributed by atoms with Gasteiger partial charge in [-0.25, -0.2) is 0 Å². The van der Waals surface area contributed by atoms with Gasteiger partial charge in [0.1, 0.15) is 0 Å². The van der Waals surface area contributed by atoms with Crippen LogP contribution >= 0.6 is 0 Å². The van der Waals surface area contributed by atoms with E-state index in [2.05, 4.69) is 20.8 Å². The first kappa shape index (κ1) is 19.5. The van der Waals surface area contributed by atoms with E-state index in [1.54, 1.807) is 7.05 Å². The molecule has 0 saturated heterocycles. The summed E-state index contributed by atoms with van der Waals surface area (Å²) in [4.78, 5) is 0. The average molecular weight is 205 g/mol. The number of hydroxylamine groups is 3. The zero-order chi connectivity index (χ0) is 9.61. The van der Waals surface area contributed by atoms with Crippen LogP contribution in [0.2, 0.25) is 0 Å². The van der Waals surface area contributed by atoms with Crippen LogP contribution in [0.3, 0.4) is 0 Å². The Hall–Kier alpha value is -0.0800. The van der Waals surface area contributed by atoms with E-state index in [-0.39, 0.29) is 19.5 Å². The fourth-order valence-electron chi connectivity index (χ4n) is 1.28. The molecule has 0 aliphatic rings. The van der Waals surface area contributed by atoms with E-state index in [9.17, 15) is 5.21 Å². The van der Waals surface area contributed by atoms with Crippen LogP contribution in [0, 0.1) is 11.1 Å². The van der Waals surface area contributed by atoms with E-state index in [1.807, 2.05) is 0 Å². The fourth-order valence-corrected chi connectivity index (χ4v) is 1.28. The van der Waals surface area contributed by atoms with Crippen molar-refractivity contribution in [1.82, 2.24) is 0 Å². The Labute approximate surface area is 91.5 Å². The van der Waals surface area contributed by atoms with Crippen LogP contribution in [-0.4, -0.2) is 24.8 Å². The first-order valence-corrected chi connectivity index (χ1v) is 5.07. The lowest BCUT2D eigenvalue weighted by atomic mass is 10.1. The molecule has 0 spiro atoms. The highest BCUT2D eigenvalue weighted by Gasteiger charge is 2.10. The standard InChI is InChI=1S/C10H23NO.2CH4/c1-5-8-11(4,12)9-7-10(3)6-2;;/h10H,5-9H2,1-4H3;2*1H4. The van der Waals surface area contributed by atoms with Gasteiger partial charge < -0.3 is 9.85 Å². The smallest absolute Gasteiger partial charge is 0.0784 e. The van der Waals surface area contributed by atoms with Crippen molar-refractivity contribution in [2.24, 2.45) is 5.92 Å². The highest BCUT2D eigenvalue weighted by molar-refractivity contribution is 4.49. The zero-order valence-corrected chi connectivity index (χ0v) is 8.97. The van der Waals surface area contributed by atoms with Gasteiger partial charge in [0.15, 0.2) is 0 Å². The van der Waals surface area contributed by atoms with Crippen molar-refractivity contribution in [2.75, 3.05) is 20.1 Å². The molecule has 2 unspecified atom stereocenters. The molecule has 0 heterocycles. The molecular formula is C12H31NO. The number of quaternary nitrogens is 1. The Morgan fingerprint density at radius 1 is 1.14 bits per heavy atom. The summed E-state index contributed by atoms with van der Waals surface area (Å²) >= 11 is 0. The summed E-state index contributed by atoms with van der Waals surface area (Å²) in [6.45, 7) is 8.00. The van der Waals surface area contributed by atoms with Crippen molar-refractivity contribution in [3.63, 3.8) is 0 Å². The minimum Gasteiger partial charge on any atom is -0.633 e. The first-order chi connectivity index (χ1) is 5.52. The second-order valence-electron chi connectivity index (χ2n) is 4.05. The average Bonchev–Trinajstić information content (AvgIpc) is 2.00. The van der Waals surface area contributed by atoms with Crippen LogP contribution < -0.4 is 0 Å². The van der Waals surface area contributed by atoms with Gasteiger partial charge in [-0.15, -0.1) is 0 Å². The first-order valence-electron chi connectivity index (χ1n) is 5.07. The molecule has 0 aromatic rings.